The molecule has 0 aromatic heterocycles. The predicted molar refractivity (Wildman–Crippen MR) is 53.1 cm³/mol. The van der Waals surface area contributed by atoms with E-state index < -0.39 is 0 Å². The molecule has 0 aliphatic rings. The van der Waals surface area contributed by atoms with Gasteiger partial charge < -0.3 is 0 Å². The van der Waals surface area contributed by atoms with Gasteiger partial charge in [0.2, 0.25) is 5.69 Å². The SMILES string of the molecule is [C-]#[N+]c1cc(Br)ccc1I. The van der Waals surface area contributed by atoms with Gasteiger partial charge in [-0.1, -0.05) is 44.6 Å². The second-order valence-electron chi connectivity index (χ2n) is 1.71. The molecule has 0 aliphatic heterocycles. The summed E-state index contributed by atoms with van der Waals surface area (Å²) in [5.74, 6) is 0. The maximum absolute atomic E-state index is 6.78. The molecule has 1 rings (SSSR count). The lowest BCUT2D eigenvalue weighted by Crippen LogP contribution is -1.69. The molecule has 50 valence electrons. The third kappa shape index (κ3) is 1.70. The van der Waals surface area contributed by atoms with Crippen LogP contribution in [-0.2, 0) is 0 Å². The van der Waals surface area contributed by atoms with Crippen LogP contribution >= 0.6 is 38.5 Å². The van der Waals surface area contributed by atoms with Gasteiger partial charge in [-0.25, -0.2) is 4.85 Å². The van der Waals surface area contributed by atoms with Crippen LogP contribution in [0, 0.1) is 10.1 Å². The molecule has 3 heteroatoms. The average Bonchev–Trinajstić information content (AvgIpc) is 1.94. The van der Waals surface area contributed by atoms with Crippen molar-refractivity contribution in [3.8, 4) is 0 Å². The summed E-state index contributed by atoms with van der Waals surface area (Å²) in [4.78, 5) is 3.34. The summed E-state index contributed by atoms with van der Waals surface area (Å²) in [6.07, 6.45) is 0. The first kappa shape index (κ1) is 8.02. The molecule has 0 saturated carbocycles. The first-order chi connectivity index (χ1) is 4.74. The molecule has 1 nitrogen and oxygen atoms in total. The first-order valence-corrected chi connectivity index (χ1v) is 4.43. The molecule has 0 spiro atoms. The van der Waals surface area contributed by atoms with Gasteiger partial charge in [-0.05, 0) is 12.1 Å². The Bertz CT molecular complexity index is 290. The minimum atomic E-state index is 0.704. The molecular formula is C7H3BrIN. The van der Waals surface area contributed by atoms with E-state index in [9.17, 15) is 0 Å². The number of hydrogen-bond donors (Lipinski definition) is 0. The molecule has 1 aromatic rings. The van der Waals surface area contributed by atoms with Gasteiger partial charge >= 0.3 is 0 Å². The van der Waals surface area contributed by atoms with E-state index in [4.69, 9.17) is 6.57 Å². The lowest BCUT2D eigenvalue weighted by Gasteiger charge is -1.93. The second kappa shape index (κ2) is 3.35. The monoisotopic (exact) mass is 307 g/mol. The largest absolute Gasteiger partial charge is 0.237 e. The van der Waals surface area contributed by atoms with Crippen molar-refractivity contribution in [1.29, 1.82) is 0 Å². The summed E-state index contributed by atoms with van der Waals surface area (Å²) in [5.41, 5.74) is 0.704. The minimum Gasteiger partial charge on any atom is -0.237 e. The van der Waals surface area contributed by atoms with Crippen molar-refractivity contribution < 1.29 is 0 Å². The summed E-state index contributed by atoms with van der Waals surface area (Å²) >= 11 is 5.43. The fraction of sp³-hybridized carbons (Fsp3) is 0. The number of benzene rings is 1. The van der Waals surface area contributed by atoms with Gasteiger partial charge in [-0.2, -0.15) is 0 Å². The van der Waals surface area contributed by atoms with Gasteiger partial charge in [0.1, 0.15) is 0 Å². The number of rotatable bonds is 0. The van der Waals surface area contributed by atoms with E-state index in [0.29, 0.717) is 5.69 Å². The zero-order valence-corrected chi connectivity index (χ0v) is 8.68. The van der Waals surface area contributed by atoms with E-state index in [2.05, 4.69) is 43.4 Å². The molecule has 0 unspecified atom stereocenters. The molecule has 0 heterocycles. The zero-order chi connectivity index (χ0) is 7.56. The highest BCUT2D eigenvalue weighted by Crippen LogP contribution is 2.24. The fourth-order valence-corrected chi connectivity index (χ4v) is 1.38. The van der Waals surface area contributed by atoms with Gasteiger partial charge in [-0.3, -0.25) is 0 Å². The van der Waals surface area contributed by atoms with Crippen molar-refractivity contribution in [3.05, 3.63) is 37.7 Å². The Morgan fingerprint density at radius 2 is 2.20 bits per heavy atom. The maximum atomic E-state index is 6.78. The van der Waals surface area contributed by atoms with Gasteiger partial charge in [-0.15, -0.1) is 0 Å². The standard InChI is InChI=1S/C7H3BrIN/c1-10-7-4-5(8)2-3-6(7)9/h2-4H. The van der Waals surface area contributed by atoms with E-state index in [1.54, 1.807) is 0 Å². The molecule has 0 saturated heterocycles. The highest BCUT2D eigenvalue weighted by atomic mass is 127. The van der Waals surface area contributed by atoms with Crippen LogP contribution in [0.15, 0.2) is 22.7 Å². The lowest BCUT2D eigenvalue weighted by atomic mass is 10.3. The molecule has 1 aromatic carbocycles. The quantitative estimate of drug-likeness (QED) is 0.509. The van der Waals surface area contributed by atoms with E-state index in [-0.39, 0.29) is 0 Å². The van der Waals surface area contributed by atoms with Gasteiger partial charge in [0.25, 0.3) is 0 Å². The molecule has 0 N–H and O–H groups in total. The van der Waals surface area contributed by atoms with Crippen LogP contribution in [0.4, 0.5) is 5.69 Å². The first-order valence-electron chi connectivity index (χ1n) is 2.56. The molecule has 0 radical (unpaired) electrons. The van der Waals surface area contributed by atoms with E-state index in [1.165, 1.54) is 0 Å². The van der Waals surface area contributed by atoms with E-state index >= 15 is 0 Å². The Kier molecular flexibility index (Phi) is 2.69. The Hall–Kier alpha value is -0.0800. The number of halogens is 2. The van der Waals surface area contributed by atoms with Crippen molar-refractivity contribution in [3.63, 3.8) is 0 Å². The zero-order valence-electron chi connectivity index (χ0n) is 4.94. The number of hydrogen-bond acceptors (Lipinski definition) is 0. The van der Waals surface area contributed by atoms with Crippen LogP contribution in [0.1, 0.15) is 0 Å². The van der Waals surface area contributed by atoms with Crippen molar-refractivity contribution in [2.24, 2.45) is 0 Å². The van der Waals surface area contributed by atoms with Crippen LogP contribution < -0.4 is 0 Å². The highest BCUT2D eigenvalue weighted by molar-refractivity contribution is 14.1. The van der Waals surface area contributed by atoms with E-state index in [1.807, 2.05) is 18.2 Å². The number of nitrogens with zero attached hydrogens (tertiary/aromatic N) is 1. The summed E-state index contributed by atoms with van der Waals surface area (Å²) < 4.78 is 1.95. The van der Waals surface area contributed by atoms with Crippen molar-refractivity contribution in [2.45, 2.75) is 0 Å². The lowest BCUT2D eigenvalue weighted by molar-refractivity contribution is 1.61. The van der Waals surface area contributed by atoms with Crippen LogP contribution in [0.5, 0.6) is 0 Å². The molecular weight excluding hydrogens is 305 g/mol. The summed E-state index contributed by atoms with van der Waals surface area (Å²) in [6.45, 7) is 6.78. The smallest absolute Gasteiger partial charge is 0.201 e. The minimum absolute atomic E-state index is 0.704. The van der Waals surface area contributed by atoms with Crippen LogP contribution in [0.2, 0.25) is 0 Å². The Balaban J connectivity index is 3.25. The normalized spacial score (nSPS) is 8.90. The van der Waals surface area contributed by atoms with Crippen molar-refractivity contribution in [1.82, 2.24) is 0 Å². The molecule has 10 heavy (non-hydrogen) atoms. The van der Waals surface area contributed by atoms with Gasteiger partial charge in [0, 0.05) is 8.04 Å². The predicted octanol–water partition coefficient (Wildman–Crippen LogP) is 3.60. The maximum Gasteiger partial charge on any atom is 0.201 e. The second-order valence-corrected chi connectivity index (χ2v) is 3.79. The Morgan fingerprint density at radius 1 is 1.50 bits per heavy atom. The topological polar surface area (TPSA) is 4.36 Å². The highest BCUT2D eigenvalue weighted by Gasteiger charge is 1.97. The van der Waals surface area contributed by atoms with Crippen molar-refractivity contribution >= 4 is 44.2 Å². The van der Waals surface area contributed by atoms with Crippen LogP contribution in [0.3, 0.4) is 0 Å². The summed E-state index contributed by atoms with van der Waals surface area (Å²) in [6, 6.07) is 5.66. The van der Waals surface area contributed by atoms with Crippen molar-refractivity contribution in [2.75, 3.05) is 0 Å². The third-order valence-electron chi connectivity index (χ3n) is 1.03. The molecule has 0 bridgehead atoms. The Labute approximate surface area is 81.5 Å². The summed E-state index contributed by atoms with van der Waals surface area (Å²) in [5, 5.41) is 0. The van der Waals surface area contributed by atoms with Gasteiger partial charge in [0.05, 0.1) is 6.57 Å². The Morgan fingerprint density at radius 3 is 2.70 bits per heavy atom. The molecule has 0 fully saturated rings. The molecule has 0 atom stereocenters. The average molecular weight is 308 g/mol. The van der Waals surface area contributed by atoms with Crippen LogP contribution in [0.25, 0.3) is 4.85 Å². The van der Waals surface area contributed by atoms with Crippen LogP contribution in [-0.4, -0.2) is 0 Å². The molecule has 0 aliphatic carbocycles. The van der Waals surface area contributed by atoms with Gasteiger partial charge in [0.15, 0.2) is 0 Å². The van der Waals surface area contributed by atoms with E-state index in [0.717, 1.165) is 8.04 Å². The fourth-order valence-electron chi connectivity index (χ4n) is 0.571. The molecule has 0 amide bonds. The summed E-state index contributed by atoms with van der Waals surface area (Å²) in [7, 11) is 0. The third-order valence-corrected chi connectivity index (χ3v) is 2.43.